The molecule has 3 fully saturated rings. The molecule has 0 aliphatic carbocycles. The van der Waals surface area contributed by atoms with Crippen molar-refractivity contribution in [1.29, 1.82) is 0 Å². The van der Waals surface area contributed by atoms with E-state index in [4.69, 9.17) is 14.6 Å². The number of hydrogen-bond acceptors (Lipinski definition) is 6. The van der Waals surface area contributed by atoms with Crippen LogP contribution in [0.4, 0.5) is 5.69 Å². The normalized spacial score (nSPS) is 29.9. The van der Waals surface area contributed by atoms with Crippen molar-refractivity contribution in [2.45, 2.75) is 83.0 Å². The van der Waals surface area contributed by atoms with Gasteiger partial charge in [0.15, 0.2) is 0 Å². The van der Waals surface area contributed by atoms with Crippen LogP contribution in [0.25, 0.3) is 0 Å². The highest BCUT2D eigenvalue weighted by atomic mass is 16.5. The lowest BCUT2D eigenvalue weighted by Crippen LogP contribution is -2.55. The molecule has 0 aromatic heterocycles. The number of carbonyl (C=O) groups is 3. The maximum absolute atomic E-state index is 13.9. The lowest BCUT2D eigenvalue weighted by Gasteiger charge is -2.33. The Hall–Kier alpha value is -2.65. The summed E-state index contributed by atoms with van der Waals surface area (Å²) in [5, 5.41) is 15.2. The van der Waals surface area contributed by atoms with Gasteiger partial charge in [0, 0.05) is 25.4 Å². The fourth-order valence-corrected chi connectivity index (χ4v) is 6.44. The molecule has 0 radical (unpaired) electrons. The molecule has 37 heavy (non-hydrogen) atoms. The minimum absolute atomic E-state index is 0.0939. The molecule has 2 unspecified atom stereocenters. The minimum Gasteiger partial charge on any atom is -0.494 e. The molecule has 9 heteroatoms. The molecular formula is C28H41N3O6. The first-order valence-corrected chi connectivity index (χ1v) is 13.7. The van der Waals surface area contributed by atoms with Gasteiger partial charge in [-0.2, -0.15) is 0 Å². The highest BCUT2D eigenvalue weighted by molar-refractivity contribution is 6.02. The highest BCUT2D eigenvalue weighted by Gasteiger charge is 2.77. The van der Waals surface area contributed by atoms with E-state index in [1.807, 2.05) is 13.8 Å². The van der Waals surface area contributed by atoms with Crippen molar-refractivity contribution in [3.63, 3.8) is 0 Å². The number of nitrogens with one attached hydrogen (secondary N) is 2. The van der Waals surface area contributed by atoms with E-state index in [1.165, 1.54) is 0 Å². The molecule has 1 aromatic carbocycles. The molecule has 2 bridgehead atoms. The van der Waals surface area contributed by atoms with Crippen molar-refractivity contribution >= 4 is 23.4 Å². The third kappa shape index (κ3) is 5.08. The van der Waals surface area contributed by atoms with Crippen LogP contribution in [0.3, 0.4) is 0 Å². The van der Waals surface area contributed by atoms with Crippen LogP contribution in [0.1, 0.15) is 65.7 Å². The number of anilines is 1. The second-order valence-electron chi connectivity index (χ2n) is 10.6. The summed E-state index contributed by atoms with van der Waals surface area (Å²) >= 11 is 0. The molecule has 204 valence electrons. The smallest absolute Gasteiger partial charge is 0.245 e. The molecule has 3 heterocycles. The van der Waals surface area contributed by atoms with Crippen LogP contribution >= 0.6 is 0 Å². The van der Waals surface area contributed by atoms with Gasteiger partial charge < -0.3 is 30.1 Å². The number of aliphatic hydroxyl groups excluding tert-OH is 1. The fourth-order valence-electron chi connectivity index (χ4n) is 6.44. The molecule has 3 aliphatic heterocycles. The molecule has 3 aliphatic rings. The summed E-state index contributed by atoms with van der Waals surface area (Å²) in [5.41, 5.74) is -1.21. The predicted molar refractivity (Wildman–Crippen MR) is 139 cm³/mol. The average Bonchev–Trinajstić information content (AvgIpc) is 3.44. The first kappa shape index (κ1) is 27.4. The maximum atomic E-state index is 13.9. The standard InChI is InChI=1S/C28H41N3O6/c1-4-6-16-29-25(34)23-28-15-14-27(3,37-28)21(22(28)26(35)31(23)17-8-7-9-18-32)24(33)30-19-10-12-20(13-11-19)36-5-2/h10-13,21-23,32H,4-9,14-18H2,1-3H3,(H,29,34)(H,30,33)/t21-,22-,23?,27+,28?/m0/s1. The average molecular weight is 516 g/mol. The molecule has 9 nitrogen and oxygen atoms in total. The zero-order valence-electron chi connectivity index (χ0n) is 22.3. The van der Waals surface area contributed by atoms with E-state index in [0.717, 1.165) is 25.0 Å². The lowest BCUT2D eigenvalue weighted by atomic mass is 9.66. The van der Waals surface area contributed by atoms with Crippen molar-refractivity contribution in [1.82, 2.24) is 10.2 Å². The number of fused-ring (bicyclic) bond motifs is 1. The Morgan fingerprint density at radius 3 is 2.54 bits per heavy atom. The molecule has 0 saturated carbocycles. The Labute approximate surface area is 219 Å². The molecule has 3 N–H and O–H groups in total. The van der Waals surface area contributed by atoms with Crippen molar-refractivity contribution in [3.05, 3.63) is 24.3 Å². The van der Waals surface area contributed by atoms with Gasteiger partial charge in [-0.25, -0.2) is 0 Å². The van der Waals surface area contributed by atoms with Gasteiger partial charge in [0.25, 0.3) is 0 Å². The van der Waals surface area contributed by atoms with Crippen LogP contribution in [-0.4, -0.2) is 71.3 Å². The maximum Gasteiger partial charge on any atom is 0.245 e. The quantitative estimate of drug-likeness (QED) is 0.348. The van der Waals surface area contributed by atoms with Crippen LogP contribution in [0, 0.1) is 11.8 Å². The number of rotatable bonds is 13. The number of nitrogens with zero attached hydrogens (tertiary/aromatic N) is 1. The monoisotopic (exact) mass is 515 g/mol. The summed E-state index contributed by atoms with van der Waals surface area (Å²) in [5.74, 6) is -1.35. The van der Waals surface area contributed by atoms with Crippen LogP contribution in [0.15, 0.2) is 24.3 Å². The van der Waals surface area contributed by atoms with Gasteiger partial charge in [0.2, 0.25) is 17.7 Å². The second-order valence-corrected chi connectivity index (χ2v) is 10.6. The van der Waals surface area contributed by atoms with Crippen LogP contribution in [-0.2, 0) is 19.1 Å². The van der Waals surface area contributed by atoms with Crippen LogP contribution in [0.2, 0.25) is 0 Å². The SMILES string of the molecule is CCCCNC(=O)C1N(CCCCCO)C(=O)[C@@H]2[C@@H](C(=O)Nc3ccc(OCC)cc3)[C@@]3(C)CCC12O3. The van der Waals surface area contributed by atoms with Crippen LogP contribution < -0.4 is 15.4 Å². The van der Waals surface area contributed by atoms with Gasteiger partial charge in [0.1, 0.15) is 17.4 Å². The van der Waals surface area contributed by atoms with Gasteiger partial charge >= 0.3 is 0 Å². The number of unbranched alkanes of at least 4 members (excludes halogenated alkanes) is 3. The minimum atomic E-state index is -1.01. The number of aliphatic hydroxyl groups is 1. The zero-order chi connectivity index (χ0) is 26.6. The van der Waals surface area contributed by atoms with E-state index >= 15 is 0 Å². The van der Waals surface area contributed by atoms with Gasteiger partial charge in [-0.15, -0.1) is 0 Å². The van der Waals surface area contributed by atoms with E-state index in [0.29, 0.717) is 51.1 Å². The summed E-state index contributed by atoms with van der Waals surface area (Å²) in [4.78, 5) is 42.8. The summed E-state index contributed by atoms with van der Waals surface area (Å²) in [6, 6.07) is 6.39. The zero-order valence-corrected chi connectivity index (χ0v) is 22.3. The third-order valence-corrected chi connectivity index (χ3v) is 8.13. The first-order chi connectivity index (χ1) is 17.8. The van der Waals surface area contributed by atoms with Gasteiger partial charge in [-0.1, -0.05) is 13.3 Å². The molecule has 1 aromatic rings. The van der Waals surface area contributed by atoms with E-state index in [-0.39, 0.29) is 24.3 Å². The Kier molecular flexibility index (Phi) is 8.43. The number of carbonyl (C=O) groups excluding carboxylic acids is 3. The van der Waals surface area contributed by atoms with Gasteiger partial charge in [-0.3, -0.25) is 14.4 Å². The summed E-state index contributed by atoms with van der Waals surface area (Å²) in [6.07, 6.45) is 5.04. The van der Waals surface area contributed by atoms with Crippen molar-refractivity contribution in [3.8, 4) is 5.75 Å². The Morgan fingerprint density at radius 1 is 1.11 bits per heavy atom. The van der Waals surface area contributed by atoms with Gasteiger partial charge in [-0.05, 0) is 76.6 Å². The Bertz CT molecular complexity index is 985. The largest absolute Gasteiger partial charge is 0.494 e. The second kappa shape index (κ2) is 11.4. The van der Waals surface area contributed by atoms with E-state index in [1.54, 1.807) is 29.2 Å². The number of benzene rings is 1. The lowest BCUT2D eigenvalue weighted by molar-refractivity contribution is -0.145. The van der Waals surface area contributed by atoms with Crippen molar-refractivity contribution in [2.24, 2.45) is 11.8 Å². The number of ether oxygens (including phenoxy) is 2. The number of amides is 3. The Morgan fingerprint density at radius 2 is 1.86 bits per heavy atom. The highest BCUT2D eigenvalue weighted by Crippen LogP contribution is 2.63. The van der Waals surface area contributed by atoms with E-state index < -0.39 is 29.1 Å². The first-order valence-electron chi connectivity index (χ1n) is 13.7. The number of hydrogen-bond donors (Lipinski definition) is 3. The van der Waals surface area contributed by atoms with Crippen LogP contribution in [0.5, 0.6) is 5.75 Å². The van der Waals surface area contributed by atoms with Gasteiger partial charge in [0.05, 0.1) is 24.0 Å². The molecule has 5 atom stereocenters. The molecule has 4 rings (SSSR count). The van der Waals surface area contributed by atoms with E-state index in [9.17, 15) is 14.4 Å². The Balaban J connectivity index is 1.59. The summed E-state index contributed by atoms with van der Waals surface area (Å²) in [6.45, 7) is 7.45. The fraction of sp³-hybridized carbons (Fsp3) is 0.679. The summed E-state index contributed by atoms with van der Waals surface area (Å²) in [7, 11) is 0. The molecular weight excluding hydrogens is 474 g/mol. The molecule has 1 spiro atoms. The molecule has 3 amide bonds. The summed E-state index contributed by atoms with van der Waals surface area (Å²) < 4.78 is 12.1. The van der Waals surface area contributed by atoms with E-state index in [2.05, 4.69) is 17.6 Å². The third-order valence-electron chi connectivity index (χ3n) is 8.13. The van der Waals surface area contributed by atoms with Crippen molar-refractivity contribution in [2.75, 3.05) is 31.6 Å². The number of likely N-dealkylation sites (tertiary alicyclic amines) is 1. The van der Waals surface area contributed by atoms with Crippen molar-refractivity contribution < 1.29 is 29.0 Å². The molecule has 3 saturated heterocycles. The predicted octanol–water partition coefficient (Wildman–Crippen LogP) is 2.87. The topological polar surface area (TPSA) is 117 Å².